The molecule has 0 radical (unpaired) electrons. The van der Waals surface area contributed by atoms with Crippen molar-refractivity contribution in [2.45, 2.75) is 6.92 Å². The lowest BCUT2D eigenvalue weighted by Crippen LogP contribution is -2.22. The molecule has 7 nitrogen and oxygen atoms in total. The first-order valence-corrected chi connectivity index (χ1v) is 8.09. The van der Waals surface area contributed by atoms with Crippen LogP contribution in [-0.2, 0) is 7.05 Å². The summed E-state index contributed by atoms with van der Waals surface area (Å²) < 4.78 is 0.940. The summed E-state index contributed by atoms with van der Waals surface area (Å²) in [7, 11) is 1.34. The van der Waals surface area contributed by atoms with Gasteiger partial charge in [0.2, 0.25) is 5.88 Å². The highest BCUT2D eigenvalue weighted by Gasteiger charge is 2.16. The number of nitrogens with zero attached hydrogens (tertiary/aromatic N) is 3. The van der Waals surface area contributed by atoms with Crippen molar-refractivity contribution in [3.8, 4) is 11.9 Å². The zero-order valence-corrected chi connectivity index (χ0v) is 14.7. The number of benzene rings is 2. The van der Waals surface area contributed by atoms with Crippen molar-refractivity contribution in [2.75, 3.05) is 5.32 Å². The molecular weight excluding hydrogens is 344 g/mol. The van der Waals surface area contributed by atoms with E-state index in [4.69, 9.17) is 5.26 Å². The van der Waals surface area contributed by atoms with Crippen LogP contribution in [0.15, 0.2) is 52.3 Å². The first kappa shape index (κ1) is 17.9. The molecular formula is C20H16N4O3. The van der Waals surface area contributed by atoms with Crippen molar-refractivity contribution >= 4 is 28.7 Å². The summed E-state index contributed by atoms with van der Waals surface area (Å²) in [6.07, 6.45) is 1.14. The fraction of sp³-hybridized carbons (Fsp3) is 0.100. The number of pyridine rings is 1. The summed E-state index contributed by atoms with van der Waals surface area (Å²) in [5.74, 6) is -0.363. The number of nitrogens with one attached hydrogen (secondary N) is 1. The van der Waals surface area contributed by atoms with Gasteiger partial charge in [-0.2, -0.15) is 5.26 Å². The van der Waals surface area contributed by atoms with Gasteiger partial charge in [0.25, 0.3) is 5.56 Å². The summed E-state index contributed by atoms with van der Waals surface area (Å²) in [6, 6.07) is 14.3. The molecule has 2 amide bonds. The van der Waals surface area contributed by atoms with Crippen LogP contribution in [0, 0.1) is 18.3 Å². The summed E-state index contributed by atoms with van der Waals surface area (Å²) in [5.41, 5.74) is 0.298. The maximum Gasteiger partial charge on any atom is 0.345 e. The molecule has 7 heteroatoms. The predicted molar refractivity (Wildman–Crippen MR) is 103 cm³/mol. The van der Waals surface area contributed by atoms with E-state index in [9.17, 15) is 14.7 Å². The molecule has 1 heterocycles. The zero-order chi connectivity index (χ0) is 19.6. The first-order valence-electron chi connectivity index (χ1n) is 8.09. The van der Waals surface area contributed by atoms with E-state index in [1.165, 1.54) is 14.0 Å². The third kappa shape index (κ3) is 3.28. The van der Waals surface area contributed by atoms with Gasteiger partial charge < -0.3 is 10.4 Å². The summed E-state index contributed by atoms with van der Waals surface area (Å²) in [4.78, 5) is 28.0. The number of nitriles is 1. The lowest BCUT2D eigenvalue weighted by atomic mass is 10.1. The van der Waals surface area contributed by atoms with E-state index in [-0.39, 0.29) is 22.6 Å². The van der Waals surface area contributed by atoms with Crippen molar-refractivity contribution in [2.24, 2.45) is 12.0 Å². The van der Waals surface area contributed by atoms with Crippen LogP contribution in [0.3, 0.4) is 0 Å². The first-order chi connectivity index (χ1) is 12.9. The van der Waals surface area contributed by atoms with Crippen molar-refractivity contribution in [3.05, 3.63) is 69.5 Å². The molecule has 0 bridgehead atoms. The second-order valence-corrected chi connectivity index (χ2v) is 5.93. The number of fused-ring (bicyclic) bond motifs is 1. The maximum atomic E-state index is 12.2. The molecule has 2 N–H and O–H groups in total. The Kier molecular flexibility index (Phi) is 4.73. The Hall–Kier alpha value is -3.92. The number of aliphatic imine (C=N–C) groups is 1. The van der Waals surface area contributed by atoms with E-state index in [1.54, 1.807) is 6.07 Å². The van der Waals surface area contributed by atoms with Crippen molar-refractivity contribution in [3.63, 3.8) is 0 Å². The molecule has 0 saturated heterocycles. The number of carbonyl (C=O) groups is 1. The quantitative estimate of drug-likeness (QED) is 0.685. The molecule has 0 aliphatic rings. The molecule has 3 aromatic rings. The molecule has 0 aliphatic carbocycles. The Morgan fingerprint density at radius 1 is 1.26 bits per heavy atom. The standard InChI is InChI=1S/C20H16N4O3/c1-12-15(10-21)18(25)24(2)19(26)16(12)11-22-20(27)23-17-9-5-7-13-6-3-4-8-14(13)17/h3-9,11,26H,1-2H3,(H,23,27)/b22-11+. The third-order valence-electron chi connectivity index (χ3n) is 4.31. The number of amides is 2. The third-order valence-corrected chi connectivity index (χ3v) is 4.31. The SMILES string of the molecule is Cc1c(/C=N/C(=O)Nc2cccc3ccccc23)c(O)n(C)c(=O)c1C#N. The van der Waals surface area contributed by atoms with Crippen LogP contribution in [0.1, 0.15) is 16.7 Å². The number of aromatic hydroxyl groups is 1. The second kappa shape index (κ2) is 7.14. The lowest BCUT2D eigenvalue weighted by molar-refractivity contribution is 0.259. The van der Waals surface area contributed by atoms with Gasteiger partial charge in [0.15, 0.2) is 0 Å². The highest BCUT2D eigenvalue weighted by Crippen LogP contribution is 2.23. The second-order valence-electron chi connectivity index (χ2n) is 5.93. The minimum absolute atomic E-state index is 0.105. The molecule has 0 fully saturated rings. The average Bonchev–Trinajstić information content (AvgIpc) is 2.67. The van der Waals surface area contributed by atoms with Gasteiger partial charge in [-0.25, -0.2) is 9.79 Å². The fourth-order valence-corrected chi connectivity index (χ4v) is 2.80. The molecule has 2 aromatic carbocycles. The minimum atomic E-state index is -0.641. The van der Waals surface area contributed by atoms with Gasteiger partial charge in [0.05, 0.1) is 11.3 Å². The molecule has 0 saturated carbocycles. The molecule has 27 heavy (non-hydrogen) atoms. The monoisotopic (exact) mass is 360 g/mol. The smallest absolute Gasteiger partial charge is 0.345 e. The van der Waals surface area contributed by atoms with Gasteiger partial charge in [0, 0.05) is 18.6 Å². The Morgan fingerprint density at radius 2 is 1.96 bits per heavy atom. The van der Waals surface area contributed by atoms with E-state index >= 15 is 0 Å². The van der Waals surface area contributed by atoms with Gasteiger partial charge in [-0.3, -0.25) is 9.36 Å². The Balaban J connectivity index is 1.93. The molecule has 3 rings (SSSR count). The number of hydrogen-bond donors (Lipinski definition) is 2. The van der Waals surface area contributed by atoms with Crippen LogP contribution < -0.4 is 10.9 Å². The number of rotatable bonds is 2. The van der Waals surface area contributed by atoms with E-state index in [0.717, 1.165) is 21.6 Å². The number of hydrogen-bond acceptors (Lipinski definition) is 4. The molecule has 0 unspecified atom stereocenters. The number of anilines is 1. The Bertz CT molecular complexity index is 1180. The van der Waals surface area contributed by atoms with Crippen LogP contribution in [0.4, 0.5) is 10.5 Å². The normalized spacial score (nSPS) is 10.9. The van der Waals surface area contributed by atoms with Gasteiger partial charge in [0.1, 0.15) is 11.6 Å². The van der Waals surface area contributed by atoms with E-state index in [1.807, 2.05) is 42.5 Å². The summed E-state index contributed by atoms with van der Waals surface area (Å²) in [6.45, 7) is 1.52. The van der Waals surface area contributed by atoms with Gasteiger partial charge >= 0.3 is 6.03 Å². The van der Waals surface area contributed by atoms with Crippen LogP contribution in [0.25, 0.3) is 10.8 Å². The van der Waals surface area contributed by atoms with Crippen molar-refractivity contribution in [1.82, 2.24) is 4.57 Å². The van der Waals surface area contributed by atoms with Crippen LogP contribution in [-0.4, -0.2) is 21.9 Å². The van der Waals surface area contributed by atoms with Crippen LogP contribution >= 0.6 is 0 Å². The van der Waals surface area contributed by atoms with E-state index in [0.29, 0.717) is 5.69 Å². The van der Waals surface area contributed by atoms with E-state index < -0.39 is 11.6 Å². The van der Waals surface area contributed by atoms with Crippen molar-refractivity contribution in [1.29, 1.82) is 5.26 Å². The summed E-state index contributed by atoms with van der Waals surface area (Å²) >= 11 is 0. The average molecular weight is 360 g/mol. The van der Waals surface area contributed by atoms with Crippen LogP contribution in [0.2, 0.25) is 0 Å². The zero-order valence-electron chi connectivity index (χ0n) is 14.7. The van der Waals surface area contributed by atoms with Gasteiger partial charge in [-0.1, -0.05) is 36.4 Å². The van der Waals surface area contributed by atoms with Crippen molar-refractivity contribution < 1.29 is 9.90 Å². The largest absolute Gasteiger partial charge is 0.494 e. The fourth-order valence-electron chi connectivity index (χ4n) is 2.80. The van der Waals surface area contributed by atoms with Crippen LogP contribution in [0.5, 0.6) is 5.88 Å². The summed E-state index contributed by atoms with van der Waals surface area (Å²) in [5, 5.41) is 23.8. The number of carbonyl (C=O) groups excluding carboxylic acids is 1. The predicted octanol–water partition coefficient (Wildman–Crippen LogP) is 3.08. The highest BCUT2D eigenvalue weighted by atomic mass is 16.3. The van der Waals surface area contributed by atoms with Gasteiger partial charge in [-0.15, -0.1) is 0 Å². The highest BCUT2D eigenvalue weighted by molar-refractivity contribution is 6.05. The molecule has 0 spiro atoms. The molecule has 0 atom stereocenters. The topological polar surface area (TPSA) is 107 Å². The van der Waals surface area contributed by atoms with Gasteiger partial charge in [-0.05, 0) is 23.9 Å². The number of aromatic nitrogens is 1. The van der Waals surface area contributed by atoms with E-state index in [2.05, 4.69) is 10.3 Å². The minimum Gasteiger partial charge on any atom is -0.494 e. The molecule has 134 valence electrons. The Labute approximate surface area is 154 Å². The Morgan fingerprint density at radius 3 is 2.70 bits per heavy atom. The molecule has 1 aromatic heterocycles. The molecule has 0 aliphatic heterocycles. The lowest BCUT2D eigenvalue weighted by Gasteiger charge is -2.10. The maximum absolute atomic E-state index is 12.2. The number of urea groups is 1.